The van der Waals surface area contributed by atoms with E-state index in [1.807, 2.05) is 37.3 Å². The lowest BCUT2D eigenvalue weighted by molar-refractivity contribution is -0.489. The largest absolute Gasteiger partial charge is 0.330 e. The Hall–Kier alpha value is -1.34. The van der Waals surface area contributed by atoms with Crippen LogP contribution in [-0.4, -0.2) is 42.1 Å². The van der Waals surface area contributed by atoms with Crippen molar-refractivity contribution in [1.29, 1.82) is 0 Å². The van der Waals surface area contributed by atoms with E-state index in [1.165, 1.54) is 11.8 Å². The molecular weight excluding hydrogens is 294 g/mol. The van der Waals surface area contributed by atoms with Crippen molar-refractivity contribution >= 4 is 32.5 Å². The second kappa shape index (κ2) is 5.21. The van der Waals surface area contributed by atoms with Crippen molar-refractivity contribution in [2.45, 2.75) is 18.2 Å². The minimum Gasteiger partial charge on any atom is -0.262 e. The first-order chi connectivity index (χ1) is 9.53. The number of rotatable bonds is 2. The molecule has 2 aliphatic rings. The van der Waals surface area contributed by atoms with Gasteiger partial charge in [0, 0.05) is 0 Å². The number of benzene rings is 1. The minimum absolute atomic E-state index is 0.0136. The van der Waals surface area contributed by atoms with Crippen LogP contribution in [0.3, 0.4) is 0 Å². The van der Waals surface area contributed by atoms with Crippen molar-refractivity contribution in [1.82, 2.24) is 5.43 Å². The van der Waals surface area contributed by atoms with Gasteiger partial charge >= 0.3 is 5.17 Å². The standard InChI is InChI=1S/C13H15N3O2S2/c1-9(10-5-3-2-4-6-10)15-16-13-14-11-7-20(17,18)8-12(11)19-13/h2-6,11-12H,7-8H2,1H3,(H,14,16)/p+1. The normalized spacial score (nSPS) is 28.1. The Morgan fingerprint density at radius 1 is 1.35 bits per heavy atom. The number of nitrogens with zero attached hydrogens (tertiary/aromatic N) is 1. The van der Waals surface area contributed by atoms with Gasteiger partial charge in [0.05, 0.1) is 22.5 Å². The van der Waals surface area contributed by atoms with Gasteiger partial charge in [-0.1, -0.05) is 35.4 Å². The van der Waals surface area contributed by atoms with Crippen molar-refractivity contribution in [2.75, 3.05) is 11.5 Å². The average molecular weight is 310 g/mol. The van der Waals surface area contributed by atoms with E-state index in [9.17, 15) is 8.42 Å². The topological polar surface area (TPSA) is 72.5 Å². The van der Waals surface area contributed by atoms with Gasteiger partial charge in [-0.3, -0.25) is 4.99 Å². The van der Waals surface area contributed by atoms with Crippen molar-refractivity contribution in [3.05, 3.63) is 35.9 Å². The summed E-state index contributed by atoms with van der Waals surface area (Å²) in [6, 6.07) is 9.93. The number of fused-ring (bicyclic) bond motifs is 1. The Morgan fingerprint density at radius 2 is 2.10 bits per heavy atom. The third kappa shape index (κ3) is 2.88. The lowest BCUT2D eigenvalue weighted by Gasteiger charge is -1.99. The van der Waals surface area contributed by atoms with Crippen molar-refractivity contribution in [2.24, 2.45) is 5.10 Å². The molecule has 1 aromatic carbocycles. The summed E-state index contributed by atoms with van der Waals surface area (Å²) in [6.07, 6.45) is 0. The fraction of sp³-hybridized carbons (Fsp3) is 0.385. The molecule has 1 aromatic rings. The first-order valence-corrected chi connectivity index (χ1v) is 9.10. The van der Waals surface area contributed by atoms with E-state index in [0.717, 1.165) is 16.4 Å². The van der Waals surface area contributed by atoms with Crippen LogP contribution in [0.1, 0.15) is 12.5 Å². The smallest absolute Gasteiger partial charge is 0.262 e. The number of nitrogens with one attached hydrogen (secondary N) is 2. The van der Waals surface area contributed by atoms with Gasteiger partial charge in [0.25, 0.3) is 0 Å². The molecule has 2 aliphatic heterocycles. The first-order valence-electron chi connectivity index (χ1n) is 6.40. The number of hydrazone groups is 1. The van der Waals surface area contributed by atoms with E-state index in [-0.39, 0.29) is 22.8 Å². The molecule has 3 rings (SSSR count). The van der Waals surface area contributed by atoms with Gasteiger partial charge in [0.2, 0.25) is 0 Å². The van der Waals surface area contributed by atoms with E-state index in [2.05, 4.69) is 15.5 Å². The molecule has 0 bridgehead atoms. The summed E-state index contributed by atoms with van der Waals surface area (Å²) in [5.74, 6) is 0.471. The van der Waals surface area contributed by atoms with Crippen molar-refractivity contribution in [3.8, 4) is 0 Å². The summed E-state index contributed by atoms with van der Waals surface area (Å²) in [5, 5.41) is 5.28. The number of sulfone groups is 1. The van der Waals surface area contributed by atoms with Gasteiger partial charge in [-0.15, -0.1) is 5.43 Å². The highest BCUT2D eigenvalue weighted by atomic mass is 32.2. The Labute approximate surface area is 122 Å². The van der Waals surface area contributed by atoms with Crippen LogP contribution in [0.4, 0.5) is 0 Å². The van der Waals surface area contributed by atoms with Crippen LogP contribution in [0.5, 0.6) is 0 Å². The maximum atomic E-state index is 11.5. The second-order valence-corrected chi connectivity index (χ2v) is 8.39. The molecule has 1 fully saturated rings. The summed E-state index contributed by atoms with van der Waals surface area (Å²) in [6.45, 7) is 1.94. The maximum Gasteiger partial charge on any atom is 0.330 e. The molecular formula is C13H16N3O2S2+. The van der Waals surface area contributed by atoms with Gasteiger partial charge in [0.15, 0.2) is 9.84 Å². The zero-order valence-electron chi connectivity index (χ0n) is 11.0. The summed E-state index contributed by atoms with van der Waals surface area (Å²) in [7, 11) is -2.86. The Kier molecular flexibility index (Phi) is 3.55. The van der Waals surface area contributed by atoms with Crippen LogP contribution >= 0.6 is 11.8 Å². The van der Waals surface area contributed by atoms with Crippen LogP contribution in [0.15, 0.2) is 35.4 Å². The van der Waals surface area contributed by atoms with Crippen LogP contribution in [0.2, 0.25) is 0 Å². The molecule has 2 unspecified atom stereocenters. The molecule has 2 atom stereocenters. The Bertz CT molecular complexity index is 668. The molecule has 20 heavy (non-hydrogen) atoms. The lowest BCUT2D eigenvalue weighted by Crippen LogP contribution is -2.79. The molecule has 0 spiro atoms. The molecule has 0 aliphatic carbocycles. The molecule has 7 heteroatoms. The van der Waals surface area contributed by atoms with Gasteiger partial charge in [0.1, 0.15) is 6.04 Å². The Balaban J connectivity index is 1.66. The number of amidine groups is 1. The van der Waals surface area contributed by atoms with E-state index in [1.54, 1.807) is 0 Å². The molecule has 2 N–H and O–H groups in total. The summed E-state index contributed by atoms with van der Waals surface area (Å²) in [5.41, 5.74) is 4.95. The number of hydrogen-bond acceptors (Lipinski definition) is 5. The van der Waals surface area contributed by atoms with E-state index < -0.39 is 9.84 Å². The highest BCUT2D eigenvalue weighted by Crippen LogP contribution is 2.25. The van der Waals surface area contributed by atoms with E-state index >= 15 is 0 Å². The third-order valence-electron chi connectivity index (χ3n) is 3.40. The average Bonchev–Trinajstić information content (AvgIpc) is 2.90. The molecule has 1 saturated heterocycles. The summed E-state index contributed by atoms with van der Waals surface area (Å²) < 4.78 is 23.0. The molecule has 0 radical (unpaired) electrons. The maximum absolute atomic E-state index is 11.5. The predicted molar refractivity (Wildman–Crippen MR) is 81.6 cm³/mol. The molecule has 2 heterocycles. The molecule has 0 amide bonds. The van der Waals surface area contributed by atoms with Gasteiger partial charge in [-0.05, 0) is 24.2 Å². The van der Waals surface area contributed by atoms with Crippen LogP contribution in [-0.2, 0) is 9.84 Å². The minimum atomic E-state index is -2.86. The van der Waals surface area contributed by atoms with Gasteiger partial charge in [-0.25, -0.2) is 8.42 Å². The fourth-order valence-corrected chi connectivity index (χ4v) is 6.05. The zero-order chi connectivity index (χ0) is 14.2. The second-order valence-electron chi connectivity index (χ2n) is 4.99. The monoisotopic (exact) mass is 310 g/mol. The highest BCUT2D eigenvalue weighted by molar-refractivity contribution is 8.15. The third-order valence-corrected chi connectivity index (χ3v) is 6.59. The zero-order valence-corrected chi connectivity index (χ0v) is 12.7. The number of hydrogen-bond donors (Lipinski definition) is 2. The lowest BCUT2D eigenvalue weighted by atomic mass is 10.1. The summed E-state index contributed by atoms with van der Waals surface area (Å²) >= 11 is 1.53. The predicted octanol–water partition coefficient (Wildman–Crippen LogP) is -0.651. The fourth-order valence-electron chi connectivity index (χ4n) is 2.36. The molecule has 106 valence electrons. The SMILES string of the molecule is CC(=NNC1=[NH+]C2CS(=O)(=O)CC2S1)c1ccccc1. The first kappa shape index (κ1) is 13.6. The molecule has 5 nitrogen and oxygen atoms in total. The van der Waals surface area contributed by atoms with Crippen molar-refractivity contribution < 1.29 is 13.4 Å². The van der Waals surface area contributed by atoms with Crippen LogP contribution in [0, 0.1) is 0 Å². The quantitative estimate of drug-likeness (QED) is 0.562. The van der Waals surface area contributed by atoms with E-state index in [0.29, 0.717) is 0 Å². The summed E-state index contributed by atoms with van der Waals surface area (Å²) in [4.78, 5) is 3.20. The molecule has 0 aromatic heterocycles. The van der Waals surface area contributed by atoms with Gasteiger partial charge in [-0.2, -0.15) is 0 Å². The van der Waals surface area contributed by atoms with Crippen LogP contribution in [0.25, 0.3) is 0 Å². The number of thioether (sulfide) groups is 1. The Morgan fingerprint density at radius 3 is 2.80 bits per heavy atom. The van der Waals surface area contributed by atoms with E-state index in [4.69, 9.17) is 0 Å². The van der Waals surface area contributed by atoms with Crippen molar-refractivity contribution in [3.63, 3.8) is 0 Å². The van der Waals surface area contributed by atoms with Gasteiger partial charge < -0.3 is 0 Å². The molecule has 0 saturated carbocycles. The highest BCUT2D eigenvalue weighted by Gasteiger charge is 2.45. The van der Waals surface area contributed by atoms with Crippen LogP contribution < -0.4 is 10.4 Å².